The Morgan fingerprint density at radius 3 is 2.88 bits per heavy atom. The fourth-order valence-corrected chi connectivity index (χ4v) is 2.23. The predicted molar refractivity (Wildman–Crippen MR) is 71.7 cm³/mol. The molecule has 0 aliphatic carbocycles. The molecule has 0 radical (unpaired) electrons. The summed E-state index contributed by atoms with van der Waals surface area (Å²) in [6.45, 7) is 3.36. The first-order valence-electron chi connectivity index (χ1n) is 5.78. The molecule has 0 aromatic heterocycles. The van der Waals surface area contributed by atoms with E-state index < -0.39 is 0 Å². The van der Waals surface area contributed by atoms with Crippen molar-refractivity contribution in [3.63, 3.8) is 0 Å². The Kier molecular flexibility index (Phi) is 4.34. The summed E-state index contributed by atoms with van der Waals surface area (Å²) < 4.78 is 10.5. The quantitative estimate of drug-likeness (QED) is 0.765. The molecule has 3 nitrogen and oxygen atoms in total. The Labute approximate surface area is 107 Å². The van der Waals surface area contributed by atoms with Crippen LogP contribution in [0.3, 0.4) is 0 Å². The molecular formula is C13H17NO2S. The summed E-state index contributed by atoms with van der Waals surface area (Å²) in [7, 11) is 1.68. The molecule has 0 amide bonds. The second-order valence-electron chi connectivity index (χ2n) is 4.02. The van der Waals surface area contributed by atoms with Crippen LogP contribution in [0.1, 0.15) is 5.56 Å². The van der Waals surface area contributed by atoms with Crippen molar-refractivity contribution < 1.29 is 9.47 Å². The van der Waals surface area contributed by atoms with E-state index >= 15 is 0 Å². The summed E-state index contributed by atoms with van der Waals surface area (Å²) in [5.41, 5.74) is 1.20. The molecule has 1 aliphatic rings. The van der Waals surface area contributed by atoms with Crippen LogP contribution >= 0.6 is 12.2 Å². The topological polar surface area (TPSA) is 21.7 Å². The van der Waals surface area contributed by atoms with Crippen molar-refractivity contribution in [1.82, 2.24) is 4.90 Å². The number of morpholine rings is 1. The van der Waals surface area contributed by atoms with Gasteiger partial charge in [0, 0.05) is 19.5 Å². The summed E-state index contributed by atoms with van der Waals surface area (Å²) in [4.78, 5) is 3.21. The summed E-state index contributed by atoms with van der Waals surface area (Å²) in [5.74, 6) is 0.882. The van der Waals surface area contributed by atoms with Gasteiger partial charge in [0.2, 0.25) is 0 Å². The molecular weight excluding hydrogens is 234 g/mol. The van der Waals surface area contributed by atoms with Gasteiger partial charge in [0.05, 0.1) is 25.3 Å². The van der Waals surface area contributed by atoms with Gasteiger partial charge in [0.25, 0.3) is 0 Å². The van der Waals surface area contributed by atoms with E-state index in [0.29, 0.717) is 0 Å². The van der Waals surface area contributed by atoms with Crippen LogP contribution < -0.4 is 4.74 Å². The first-order valence-corrected chi connectivity index (χ1v) is 6.19. The predicted octanol–water partition coefficient (Wildman–Crippen LogP) is 1.90. The summed E-state index contributed by atoms with van der Waals surface area (Å²) in [5, 5.41) is 0. The molecule has 17 heavy (non-hydrogen) atoms. The Morgan fingerprint density at radius 1 is 1.41 bits per heavy atom. The molecule has 1 saturated heterocycles. The lowest BCUT2D eigenvalue weighted by Crippen LogP contribution is -2.40. The Morgan fingerprint density at radius 2 is 2.18 bits per heavy atom. The fourth-order valence-electron chi connectivity index (χ4n) is 1.88. The monoisotopic (exact) mass is 251 g/mol. The molecule has 1 aromatic carbocycles. The van der Waals surface area contributed by atoms with E-state index in [-0.39, 0.29) is 0 Å². The van der Waals surface area contributed by atoms with Crippen LogP contribution in [0.15, 0.2) is 24.3 Å². The van der Waals surface area contributed by atoms with Gasteiger partial charge in [-0.15, -0.1) is 0 Å². The molecule has 0 saturated carbocycles. The van der Waals surface area contributed by atoms with Crippen molar-refractivity contribution in [3.8, 4) is 5.75 Å². The van der Waals surface area contributed by atoms with Gasteiger partial charge in [0.1, 0.15) is 5.75 Å². The Hall–Kier alpha value is -1.13. The number of hydrogen-bond acceptors (Lipinski definition) is 3. The first-order chi connectivity index (χ1) is 8.29. The highest BCUT2D eigenvalue weighted by Gasteiger charge is 2.13. The maximum Gasteiger partial charge on any atom is 0.119 e. The van der Waals surface area contributed by atoms with Crippen LogP contribution in [-0.2, 0) is 11.2 Å². The summed E-state index contributed by atoms with van der Waals surface area (Å²) >= 11 is 5.47. The van der Waals surface area contributed by atoms with Gasteiger partial charge in [0.15, 0.2) is 0 Å². The SMILES string of the molecule is COc1cccc(CC(=S)N2CCOCC2)c1. The Balaban J connectivity index is 1.96. The molecule has 1 fully saturated rings. The third-order valence-corrected chi connectivity index (χ3v) is 3.26. The average Bonchev–Trinajstić information content (AvgIpc) is 2.40. The number of nitrogens with zero attached hydrogens (tertiary/aromatic N) is 1. The van der Waals surface area contributed by atoms with Crippen LogP contribution in [0.25, 0.3) is 0 Å². The van der Waals surface area contributed by atoms with Crippen LogP contribution in [0.5, 0.6) is 5.75 Å². The minimum Gasteiger partial charge on any atom is -0.497 e. The first kappa shape index (κ1) is 12.3. The smallest absolute Gasteiger partial charge is 0.119 e. The van der Waals surface area contributed by atoms with Crippen molar-refractivity contribution in [2.75, 3.05) is 33.4 Å². The Bertz CT molecular complexity index is 389. The number of rotatable bonds is 3. The van der Waals surface area contributed by atoms with E-state index in [2.05, 4.69) is 11.0 Å². The molecule has 0 unspecified atom stereocenters. The minimum atomic E-state index is 0.776. The third kappa shape index (κ3) is 3.41. The van der Waals surface area contributed by atoms with Gasteiger partial charge in [-0.05, 0) is 17.7 Å². The number of ether oxygens (including phenoxy) is 2. The van der Waals surface area contributed by atoms with Gasteiger partial charge >= 0.3 is 0 Å². The maximum atomic E-state index is 5.47. The minimum absolute atomic E-state index is 0.776. The number of benzene rings is 1. The maximum absolute atomic E-state index is 5.47. The van der Waals surface area contributed by atoms with Crippen molar-refractivity contribution in [2.45, 2.75) is 6.42 Å². The third-order valence-electron chi connectivity index (χ3n) is 2.85. The summed E-state index contributed by atoms with van der Waals surface area (Å²) in [6.07, 6.45) is 0.798. The number of thiocarbonyl (C=S) groups is 1. The highest BCUT2D eigenvalue weighted by atomic mass is 32.1. The summed E-state index contributed by atoms with van der Waals surface area (Å²) in [6, 6.07) is 8.05. The zero-order valence-electron chi connectivity index (χ0n) is 10.0. The number of hydrogen-bond donors (Lipinski definition) is 0. The van der Waals surface area contributed by atoms with E-state index in [0.717, 1.165) is 43.5 Å². The highest BCUT2D eigenvalue weighted by Crippen LogP contribution is 2.14. The van der Waals surface area contributed by atoms with Crippen LogP contribution in [0, 0.1) is 0 Å². The van der Waals surface area contributed by atoms with Gasteiger partial charge in [-0.25, -0.2) is 0 Å². The van der Waals surface area contributed by atoms with Gasteiger partial charge in [-0.1, -0.05) is 24.4 Å². The standard InChI is InChI=1S/C13H17NO2S/c1-15-12-4-2-3-11(9-12)10-13(17)14-5-7-16-8-6-14/h2-4,9H,5-8,10H2,1H3. The second kappa shape index (κ2) is 5.98. The van der Waals surface area contributed by atoms with Crippen molar-refractivity contribution in [2.24, 2.45) is 0 Å². The fraction of sp³-hybridized carbons (Fsp3) is 0.462. The largest absolute Gasteiger partial charge is 0.497 e. The van der Waals surface area contributed by atoms with Gasteiger partial charge in [-0.2, -0.15) is 0 Å². The zero-order valence-corrected chi connectivity index (χ0v) is 10.8. The van der Waals surface area contributed by atoms with Crippen LogP contribution in [0.2, 0.25) is 0 Å². The zero-order chi connectivity index (χ0) is 12.1. The lowest BCUT2D eigenvalue weighted by atomic mass is 10.1. The van der Waals surface area contributed by atoms with E-state index in [1.165, 1.54) is 5.56 Å². The molecule has 0 atom stereocenters. The average molecular weight is 251 g/mol. The molecule has 92 valence electrons. The molecule has 2 rings (SSSR count). The van der Waals surface area contributed by atoms with Crippen molar-refractivity contribution >= 4 is 17.2 Å². The van der Waals surface area contributed by atoms with Gasteiger partial charge < -0.3 is 14.4 Å². The second-order valence-corrected chi connectivity index (χ2v) is 4.49. The number of methoxy groups -OCH3 is 1. The lowest BCUT2D eigenvalue weighted by molar-refractivity contribution is 0.0684. The highest BCUT2D eigenvalue weighted by molar-refractivity contribution is 7.80. The van der Waals surface area contributed by atoms with E-state index in [1.54, 1.807) is 7.11 Å². The normalized spacial score (nSPS) is 15.7. The molecule has 0 bridgehead atoms. The van der Waals surface area contributed by atoms with E-state index in [1.807, 2.05) is 18.2 Å². The van der Waals surface area contributed by atoms with Crippen LogP contribution in [0.4, 0.5) is 0 Å². The molecule has 1 aromatic rings. The molecule has 4 heteroatoms. The van der Waals surface area contributed by atoms with E-state index in [9.17, 15) is 0 Å². The van der Waals surface area contributed by atoms with Crippen molar-refractivity contribution in [3.05, 3.63) is 29.8 Å². The lowest BCUT2D eigenvalue weighted by Gasteiger charge is -2.29. The molecule has 0 N–H and O–H groups in total. The van der Waals surface area contributed by atoms with Crippen LogP contribution in [-0.4, -0.2) is 43.3 Å². The molecule has 0 spiro atoms. The molecule has 1 aliphatic heterocycles. The molecule has 1 heterocycles. The van der Waals surface area contributed by atoms with Gasteiger partial charge in [-0.3, -0.25) is 0 Å². The van der Waals surface area contributed by atoms with Crippen molar-refractivity contribution in [1.29, 1.82) is 0 Å². The van der Waals surface area contributed by atoms with E-state index in [4.69, 9.17) is 21.7 Å².